The first-order valence-electron chi connectivity index (χ1n) is 9.91. The monoisotopic (exact) mass is 462 g/mol. The van der Waals surface area contributed by atoms with Crippen LogP contribution < -0.4 is 15.0 Å². The number of hydrogen-bond acceptors (Lipinski definition) is 7. The molecule has 0 spiro atoms. The lowest BCUT2D eigenvalue weighted by molar-refractivity contribution is -0.123. The zero-order valence-corrected chi connectivity index (χ0v) is 18.5. The number of ether oxygens (including phenoxy) is 1. The van der Waals surface area contributed by atoms with Gasteiger partial charge in [-0.25, -0.2) is 9.97 Å². The van der Waals surface area contributed by atoms with Gasteiger partial charge >= 0.3 is 0 Å². The van der Waals surface area contributed by atoms with Crippen LogP contribution in [0.5, 0.6) is 5.75 Å². The number of fused-ring (bicyclic) bond motifs is 1. The number of hydrogen-bond donors (Lipinski definition) is 1. The molecule has 2 amide bonds. The Balaban J connectivity index is 1.38. The number of rotatable bonds is 6. The molecule has 3 heterocycles. The van der Waals surface area contributed by atoms with Crippen molar-refractivity contribution < 1.29 is 14.3 Å². The molecule has 160 valence electrons. The molecular formula is C23H18N4O3S2. The fourth-order valence-corrected chi connectivity index (χ4v) is 4.80. The fraction of sp³-hybridized carbons (Fsp3) is 0.130. The number of amides is 2. The number of nitrogens with zero attached hydrogens (tertiary/aromatic N) is 3. The quantitative estimate of drug-likeness (QED) is 0.464. The second-order valence-corrected chi connectivity index (χ2v) is 8.96. The summed E-state index contributed by atoms with van der Waals surface area (Å²) in [5, 5.41) is 8.00. The van der Waals surface area contributed by atoms with Crippen molar-refractivity contribution in [3.63, 3.8) is 0 Å². The van der Waals surface area contributed by atoms with Crippen LogP contribution in [0.3, 0.4) is 0 Å². The Kier molecular flexibility index (Phi) is 5.66. The lowest BCUT2D eigenvalue weighted by Crippen LogP contribution is -2.43. The van der Waals surface area contributed by atoms with Crippen molar-refractivity contribution >= 4 is 45.3 Å². The predicted molar refractivity (Wildman–Crippen MR) is 125 cm³/mol. The van der Waals surface area contributed by atoms with Gasteiger partial charge in [0, 0.05) is 28.9 Å². The summed E-state index contributed by atoms with van der Waals surface area (Å²) in [5.41, 5.74) is 3.46. The summed E-state index contributed by atoms with van der Waals surface area (Å²) in [4.78, 5) is 35.3. The minimum atomic E-state index is -0.314. The van der Waals surface area contributed by atoms with Crippen LogP contribution in [0, 0.1) is 0 Å². The molecule has 0 bridgehead atoms. The van der Waals surface area contributed by atoms with Gasteiger partial charge in [-0.15, -0.1) is 22.7 Å². The number of aromatic nitrogens is 2. The maximum Gasteiger partial charge on any atom is 0.265 e. The van der Waals surface area contributed by atoms with Crippen molar-refractivity contribution in [3.05, 3.63) is 76.1 Å². The molecule has 0 saturated heterocycles. The topological polar surface area (TPSA) is 84.4 Å². The highest BCUT2D eigenvalue weighted by Gasteiger charge is 2.28. The number of anilines is 2. The van der Waals surface area contributed by atoms with Crippen molar-refractivity contribution in [1.82, 2.24) is 9.97 Å². The fourth-order valence-electron chi connectivity index (χ4n) is 3.42. The number of carbonyl (C=O) groups is 2. The van der Waals surface area contributed by atoms with E-state index in [1.807, 2.05) is 41.8 Å². The maximum absolute atomic E-state index is 12.5. The standard InChI is InChI=1S/C23H18N4O3S2/c28-20(26-23-24-8-9-31-23)12-27-18-11-16(6-7-19(18)30-13-22(27)29)17-14-32-21(25-17)10-15-4-2-1-3-5-15/h1-9,11,14H,10,12-13H2,(H,24,26,28). The molecule has 0 unspecified atom stereocenters. The first-order valence-corrected chi connectivity index (χ1v) is 11.7. The van der Waals surface area contributed by atoms with E-state index in [2.05, 4.69) is 22.4 Å². The largest absolute Gasteiger partial charge is 0.482 e. The van der Waals surface area contributed by atoms with Crippen LogP contribution in [0.1, 0.15) is 10.6 Å². The average Bonchev–Trinajstić information content (AvgIpc) is 3.48. The van der Waals surface area contributed by atoms with Crippen LogP contribution in [0.25, 0.3) is 11.3 Å². The molecule has 32 heavy (non-hydrogen) atoms. The van der Waals surface area contributed by atoms with E-state index in [1.54, 1.807) is 22.9 Å². The number of benzene rings is 2. The van der Waals surface area contributed by atoms with Crippen molar-refractivity contribution in [2.45, 2.75) is 6.42 Å². The van der Waals surface area contributed by atoms with E-state index in [0.29, 0.717) is 16.6 Å². The van der Waals surface area contributed by atoms with Crippen LogP contribution in [-0.4, -0.2) is 34.9 Å². The molecular weight excluding hydrogens is 444 g/mol. The minimum Gasteiger partial charge on any atom is -0.482 e. The Labute approximate surface area is 192 Å². The summed E-state index contributed by atoms with van der Waals surface area (Å²) in [6, 6.07) is 15.8. The van der Waals surface area contributed by atoms with Gasteiger partial charge in [-0.1, -0.05) is 30.3 Å². The minimum absolute atomic E-state index is 0.102. The average molecular weight is 463 g/mol. The Morgan fingerprint density at radius 1 is 1.16 bits per heavy atom. The third kappa shape index (κ3) is 4.39. The molecule has 1 N–H and O–H groups in total. The molecule has 1 aliphatic rings. The van der Waals surface area contributed by atoms with Gasteiger partial charge < -0.3 is 10.1 Å². The van der Waals surface area contributed by atoms with Crippen LogP contribution in [-0.2, 0) is 16.0 Å². The summed E-state index contributed by atoms with van der Waals surface area (Å²) in [7, 11) is 0. The second-order valence-electron chi connectivity index (χ2n) is 7.13. The lowest BCUT2D eigenvalue weighted by Gasteiger charge is -2.29. The van der Waals surface area contributed by atoms with Crippen molar-refractivity contribution in [1.29, 1.82) is 0 Å². The molecule has 7 nitrogen and oxygen atoms in total. The highest BCUT2D eigenvalue weighted by Crippen LogP contribution is 2.36. The number of carbonyl (C=O) groups excluding carboxylic acids is 2. The van der Waals surface area contributed by atoms with Gasteiger partial charge in [-0.05, 0) is 23.8 Å². The molecule has 1 aliphatic heterocycles. The summed E-state index contributed by atoms with van der Waals surface area (Å²) in [6.45, 7) is -0.219. The second kappa shape index (κ2) is 8.89. The van der Waals surface area contributed by atoms with E-state index in [1.165, 1.54) is 21.8 Å². The molecule has 2 aromatic carbocycles. The highest BCUT2D eigenvalue weighted by molar-refractivity contribution is 7.13. The van der Waals surface area contributed by atoms with Gasteiger partial charge in [-0.2, -0.15) is 0 Å². The molecule has 0 fully saturated rings. The summed E-state index contributed by atoms with van der Waals surface area (Å²) >= 11 is 2.92. The molecule has 0 aliphatic carbocycles. The van der Waals surface area contributed by atoms with Crippen molar-refractivity contribution in [2.75, 3.05) is 23.4 Å². The number of thiazole rings is 2. The summed E-state index contributed by atoms with van der Waals surface area (Å²) < 4.78 is 5.58. The van der Waals surface area contributed by atoms with Crippen molar-refractivity contribution in [2.24, 2.45) is 0 Å². The molecule has 0 saturated carbocycles. The molecule has 5 rings (SSSR count). The van der Waals surface area contributed by atoms with E-state index in [0.717, 1.165) is 22.7 Å². The first kappa shape index (κ1) is 20.3. The van der Waals surface area contributed by atoms with Crippen molar-refractivity contribution in [3.8, 4) is 17.0 Å². The summed E-state index contributed by atoms with van der Waals surface area (Å²) in [6.07, 6.45) is 2.38. The van der Waals surface area contributed by atoms with E-state index in [9.17, 15) is 9.59 Å². The van der Waals surface area contributed by atoms with Crippen LogP contribution in [0.2, 0.25) is 0 Å². The van der Waals surface area contributed by atoms with Gasteiger partial charge in [0.15, 0.2) is 11.7 Å². The van der Waals surface area contributed by atoms with Gasteiger partial charge in [0.25, 0.3) is 5.91 Å². The number of nitrogens with one attached hydrogen (secondary N) is 1. The zero-order chi connectivity index (χ0) is 21.9. The van der Waals surface area contributed by atoms with Gasteiger partial charge in [0.2, 0.25) is 5.91 Å². The smallest absolute Gasteiger partial charge is 0.265 e. The third-order valence-electron chi connectivity index (χ3n) is 4.93. The Morgan fingerprint density at radius 2 is 2.03 bits per heavy atom. The maximum atomic E-state index is 12.5. The van der Waals surface area contributed by atoms with Gasteiger partial charge in [0.1, 0.15) is 12.3 Å². The molecule has 2 aromatic heterocycles. The zero-order valence-electron chi connectivity index (χ0n) is 16.9. The Hall–Kier alpha value is -3.56. The first-order chi connectivity index (χ1) is 15.7. The SMILES string of the molecule is O=C(CN1C(=O)COc2ccc(-c3csc(Cc4ccccc4)n3)cc21)Nc1nccs1. The molecule has 0 atom stereocenters. The highest BCUT2D eigenvalue weighted by atomic mass is 32.1. The van der Waals surface area contributed by atoms with Crippen LogP contribution in [0.4, 0.5) is 10.8 Å². The van der Waals surface area contributed by atoms with Gasteiger partial charge in [-0.3, -0.25) is 14.5 Å². The lowest BCUT2D eigenvalue weighted by atomic mass is 10.1. The van der Waals surface area contributed by atoms with E-state index < -0.39 is 0 Å². The van der Waals surface area contributed by atoms with E-state index in [4.69, 9.17) is 9.72 Å². The molecule has 4 aromatic rings. The molecule has 9 heteroatoms. The third-order valence-corrected chi connectivity index (χ3v) is 6.47. The van der Waals surface area contributed by atoms with E-state index >= 15 is 0 Å². The summed E-state index contributed by atoms with van der Waals surface area (Å²) in [5.74, 6) is -0.0209. The van der Waals surface area contributed by atoms with E-state index in [-0.39, 0.29) is 25.0 Å². The predicted octanol–water partition coefficient (Wildman–Crippen LogP) is 4.22. The van der Waals surface area contributed by atoms with Gasteiger partial charge in [0.05, 0.1) is 16.4 Å². The van der Waals surface area contributed by atoms with Crippen LogP contribution >= 0.6 is 22.7 Å². The molecule has 0 radical (unpaired) electrons. The Morgan fingerprint density at radius 3 is 2.84 bits per heavy atom. The van der Waals surface area contributed by atoms with Crippen LogP contribution in [0.15, 0.2) is 65.5 Å². The normalized spacial score (nSPS) is 12.9. The Bertz CT molecular complexity index is 1260.